The fourth-order valence-electron chi connectivity index (χ4n) is 3.65. The van der Waals surface area contributed by atoms with Gasteiger partial charge >= 0.3 is 0 Å². The molecule has 0 saturated carbocycles. The molecule has 1 saturated heterocycles. The number of carbonyl (C=O) groups is 1. The number of rotatable bonds is 9. The van der Waals surface area contributed by atoms with Crippen molar-refractivity contribution in [3.8, 4) is 23.1 Å². The first-order valence-electron chi connectivity index (χ1n) is 11.4. The van der Waals surface area contributed by atoms with E-state index in [0.717, 1.165) is 24.1 Å². The lowest BCUT2D eigenvalue weighted by Gasteiger charge is -2.23. The van der Waals surface area contributed by atoms with Crippen LogP contribution < -0.4 is 15.4 Å². The number of amides is 1. The Morgan fingerprint density at radius 1 is 1.17 bits per heavy atom. The quantitative estimate of drug-likeness (QED) is 0.472. The number of ether oxygens (including phenoxy) is 3. The number of anilines is 3. The second-order valence-electron chi connectivity index (χ2n) is 8.01. The van der Waals surface area contributed by atoms with E-state index in [1.807, 2.05) is 24.3 Å². The van der Waals surface area contributed by atoms with Crippen LogP contribution in [0, 0.1) is 11.3 Å². The highest BCUT2D eigenvalue weighted by molar-refractivity contribution is 5.91. The Morgan fingerprint density at radius 2 is 2.00 bits per heavy atom. The average Bonchev–Trinajstić information content (AvgIpc) is 2.88. The van der Waals surface area contributed by atoms with E-state index < -0.39 is 0 Å². The lowest BCUT2D eigenvalue weighted by atomic mass is 10.1. The molecule has 180 valence electrons. The molecule has 0 aliphatic carbocycles. The van der Waals surface area contributed by atoms with Crippen LogP contribution >= 0.6 is 0 Å². The lowest BCUT2D eigenvalue weighted by Crippen LogP contribution is -2.26. The maximum Gasteiger partial charge on any atom is 0.227 e. The van der Waals surface area contributed by atoms with Crippen LogP contribution in [0.15, 0.2) is 54.7 Å². The van der Waals surface area contributed by atoms with Crippen molar-refractivity contribution < 1.29 is 19.0 Å². The summed E-state index contributed by atoms with van der Waals surface area (Å²) in [6.45, 7) is 1.70. The van der Waals surface area contributed by atoms with Gasteiger partial charge in [-0.05, 0) is 42.5 Å². The highest BCUT2D eigenvalue weighted by atomic mass is 16.5. The summed E-state index contributed by atoms with van der Waals surface area (Å²) in [6.07, 6.45) is 3.61. The van der Waals surface area contributed by atoms with Crippen LogP contribution in [0.25, 0.3) is 11.3 Å². The Labute approximate surface area is 204 Å². The van der Waals surface area contributed by atoms with E-state index in [4.69, 9.17) is 14.2 Å². The molecule has 0 unspecified atom stereocenters. The minimum atomic E-state index is -0.125. The summed E-state index contributed by atoms with van der Waals surface area (Å²) in [5.41, 5.74) is 3.29. The predicted molar refractivity (Wildman–Crippen MR) is 131 cm³/mol. The molecule has 0 bridgehead atoms. The third-order valence-electron chi connectivity index (χ3n) is 5.45. The zero-order valence-corrected chi connectivity index (χ0v) is 19.5. The van der Waals surface area contributed by atoms with Crippen LogP contribution in [-0.4, -0.2) is 48.9 Å². The molecule has 2 heterocycles. The molecular formula is C26H27N5O4. The predicted octanol–water partition coefficient (Wildman–Crippen LogP) is 4.29. The number of aromatic nitrogens is 2. The standard InChI is InChI=1S/C26H27N5O4/c1-33-12-10-25(32)29-20-3-2-4-21(16-20)30-26-28-11-7-23(31-26)18-5-6-24(19(15-18)17-27)35-22-8-13-34-14-9-22/h2-7,11,15-16,22H,8-10,12-14H2,1H3,(H,29,32)(H,28,30,31). The van der Waals surface area contributed by atoms with Crippen molar-refractivity contribution in [3.05, 3.63) is 60.3 Å². The van der Waals surface area contributed by atoms with Crippen LogP contribution in [0.5, 0.6) is 5.75 Å². The van der Waals surface area contributed by atoms with E-state index in [9.17, 15) is 10.1 Å². The molecule has 35 heavy (non-hydrogen) atoms. The molecule has 1 fully saturated rings. The van der Waals surface area contributed by atoms with Gasteiger partial charge in [0.1, 0.15) is 17.9 Å². The number of methoxy groups -OCH3 is 1. The molecule has 9 nitrogen and oxygen atoms in total. The molecule has 9 heteroatoms. The van der Waals surface area contributed by atoms with Crippen LogP contribution in [0.2, 0.25) is 0 Å². The van der Waals surface area contributed by atoms with Gasteiger partial charge in [-0.3, -0.25) is 4.79 Å². The number of hydrogen-bond acceptors (Lipinski definition) is 8. The summed E-state index contributed by atoms with van der Waals surface area (Å²) in [7, 11) is 1.56. The minimum Gasteiger partial charge on any atom is -0.489 e. The number of nitrogens with one attached hydrogen (secondary N) is 2. The smallest absolute Gasteiger partial charge is 0.227 e. The lowest BCUT2D eigenvalue weighted by molar-refractivity contribution is -0.117. The first kappa shape index (κ1) is 24.1. The van der Waals surface area contributed by atoms with Gasteiger partial charge in [-0.1, -0.05) is 6.07 Å². The first-order chi connectivity index (χ1) is 17.1. The van der Waals surface area contributed by atoms with E-state index in [0.29, 0.717) is 48.5 Å². The normalized spacial score (nSPS) is 13.6. The second-order valence-corrected chi connectivity index (χ2v) is 8.01. The molecule has 1 amide bonds. The van der Waals surface area contributed by atoms with Gasteiger partial charge in [0.25, 0.3) is 0 Å². The van der Waals surface area contributed by atoms with E-state index in [1.165, 1.54) is 0 Å². The van der Waals surface area contributed by atoms with E-state index in [2.05, 4.69) is 26.7 Å². The van der Waals surface area contributed by atoms with Crippen molar-refractivity contribution in [2.24, 2.45) is 0 Å². The summed E-state index contributed by atoms with van der Waals surface area (Å²) >= 11 is 0. The Hall–Kier alpha value is -4.00. The largest absolute Gasteiger partial charge is 0.489 e. The maximum absolute atomic E-state index is 12.0. The van der Waals surface area contributed by atoms with Gasteiger partial charge in [0, 0.05) is 43.1 Å². The molecule has 4 rings (SSSR count). The summed E-state index contributed by atoms with van der Waals surface area (Å²) in [6, 6.07) is 16.8. The van der Waals surface area contributed by atoms with Gasteiger partial charge in [-0.25, -0.2) is 9.97 Å². The topological polar surface area (TPSA) is 118 Å². The molecule has 3 aromatic rings. The molecular weight excluding hydrogens is 446 g/mol. The van der Waals surface area contributed by atoms with Gasteiger partial charge in [0.2, 0.25) is 11.9 Å². The van der Waals surface area contributed by atoms with Crippen molar-refractivity contribution in [2.45, 2.75) is 25.4 Å². The zero-order valence-electron chi connectivity index (χ0n) is 19.5. The van der Waals surface area contributed by atoms with Gasteiger partial charge in [-0.2, -0.15) is 5.26 Å². The van der Waals surface area contributed by atoms with Crippen molar-refractivity contribution in [2.75, 3.05) is 37.6 Å². The summed E-state index contributed by atoms with van der Waals surface area (Å²) in [5, 5.41) is 15.7. The number of nitriles is 1. The third-order valence-corrected chi connectivity index (χ3v) is 5.45. The molecule has 0 atom stereocenters. The van der Waals surface area contributed by atoms with Crippen molar-refractivity contribution in [1.82, 2.24) is 9.97 Å². The van der Waals surface area contributed by atoms with Crippen LogP contribution in [0.3, 0.4) is 0 Å². The first-order valence-corrected chi connectivity index (χ1v) is 11.4. The highest BCUT2D eigenvalue weighted by Crippen LogP contribution is 2.28. The molecule has 0 radical (unpaired) electrons. The summed E-state index contributed by atoms with van der Waals surface area (Å²) < 4.78 is 16.4. The molecule has 2 aromatic carbocycles. The fraction of sp³-hybridized carbons (Fsp3) is 0.308. The van der Waals surface area contributed by atoms with E-state index >= 15 is 0 Å². The van der Waals surface area contributed by atoms with E-state index in [-0.39, 0.29) is 18.4 Å². The Balaban J connectivity index is 1.47. The maximum atomic E-state index is 12.0. The summed E-state index contributed by atoms with van der Waals surface area (Å²) in [5.74, 6) is 0.839. The molecule has 1 aromatic heterocycles. The number of nitrogens with zero attached hydrogens (tertiary/aromatic N) is 3. The van der Waals surface area contributed by atoms with Gasteiger partial charge in [-0.15, -0.1) is 0 Å². The Bertz CT molecular complexity index is 1200. The Kier molecular flexibility index (Phi) is 8.22. The van der Waals surface area contributed by atoms with Crippen LogP contribution in [-0.2, 0) is 14.3 Å². The van der Waals surface area contributed by atoms with Gasteiger partial charge in [0.15, 0.2) is 0 Å². The number of benzene rings is 2. The van der Waals surface area contributed by atoms with E-state index in [1.54, 1.807) is 37.6 Å². The number of hydrogen-bond donors (Lipinski definition) is 2. The molecule has 0 spiro atoms. The molecule has 1 aliphatic heterocycles. The zero-order chi connectivity index (χ0) is 24.5. The molecule has 2 N–H and O–H groups in total. The van der Waals surface area contributed by atoms with Gasteiger partial charge in [0.05, 0.1) is 37.5 Å². The second kappa shape index (κ2) is 11.9. The Morgan fingerprint density at radius 3 is 2.80 bits per heavy atom. The third kappa shape index (κ3) is 6.76. The average molecular weight is 474 g/mol. The SMILES string of the molecule is COCCC(=O)Nc1cccc(Nc2nccc(-c3ccc(OC4CCOCC4)c(C#N)c3)n2)c1. The minimum absolute atomic E-state index is 0.0529. The fourth-order valence-corrected chi connectivity index (χ4v) is 3.65. The number of carbonyl (C=O) groups excluding carboxylic acids is 1. The van der Waals surface area contributed by atoms with Crippen LogP contribution in [0.1, 0.15) is 24.8 Å². The highest BCUT2D eigenvalue weighted by Gasteiger charge is 2.17. The van der Waals surface area contributed by atoms with Crippen LogP contribution in [0.4, 0.5) is 17.3 Å². The van der Waals surface area contributed by atoms with Crippen molar-refractivity contribution >= 4 is 23.2 Å². The van der Waals surface area contributed by atoms with Gasteiger partial charge < -0.3 is 24.8 Å². The van der Waals surface area contributed by atoms with Crippen molar-refractivity contribution in [1.29, 1.82) is 5.26 Å². The van der Waals surface area contributed by atoms with Crippen molar-refractivity contribution in [3.63, 3.8) is 0 Å². The monoisotopic (exact) mass is 473 g/mol. The summed E-state index contributed by atoms with van der Waals surface area (Å²) in [4.78, 5) is 20.9. The molecule has 1 aliphatic rings.